The molecule has 1 radical (unpaired) electrons. The molecule has 1 rings (SSSR count). The summed E-state index contributed by atoms with van der Waals surface area (Å²) in [6, 6.07) is 0. The third-order valence-electron chi connectivity index (χ3n) is 0.275. The first-order valence-corrected chi connectivity index (χ1v) is 1.99. The first kappa shape index (κ1) is 3.67. The summed E-state index contributed by atoms with van der Waals surface area (Å²) >= 11 is 0.959. The third-order valence-corrected chi connectivity index (χ3v) is 0.603. The van der Waals surface area contributed by atoms with Crippen LogP contribution in [0.5, 0.6) is 0 Å². The molecule has 0 amide bonds. The molecule has 3 nitrogen and oxygen atoms in total. The van der Waals surface area contributed by atoms with E-state index in [1.165, 1.54) is 6.40 Å². The monoisotopic (exact) mass is 101 g/mol. The Morgan fingerprint density at radius 2 is 2.83 bits per heavy atom. The van der Waals surface area contributed by atoms with Gasteiger partial charge in [-0.25, -0.2) is 0 Å². The number of hydrogen-bond donors (Lipinski definition) is 0. The lowest BCUT2D eigenvalue weighted by Crippen LogP contribution is -1.78. The highest BCUT2D eigenvalue weighted by Gasteiger charge is 1.81. The molecule has 31 valence electrons. The van der Waals surface area contributed by atoms with Gasteiger partial charge < -0.3 is 4.18 Å². The molecular weight excluding hydrogens is 100 g/mol. The molecule has 0 aromatic heterocycles. The molecule has 0 unspecified atom stereocenters. The zero-order valence-corrected chi connectivity index (χ0v) is 3.60. The summed E-state index contributed by atoms with van der Waals surface area (Å²) in [5, 5.41) is 0. The summed E-state index contributed by atoms with van der Waals surface area (Å²) in [5.74, 6) is 0. The van der Waals surface area contributed by atoms with Crippen LogP contribution in [-0.2, 0) is 4.18 Å². The van der Waals surface area contributed by atoms with Gasteiger partial charge in [0.1, 0.15) is 0 Å². The van der Waals surface area contributed by atoms with Gasteiger partial charge in [-0.2, -0.15) is 9.39 Å². The van der Waals surface area contributed by atoms with Crippen molar-refractivity contribution in [2.24, 2.45) is 9.39 Å². The summed E-state index contributed by atoms with van der Waals surface area (Å²) in [6.45, 7) is 0. The van der Waals surface area contributed by atoms with E-state index in [9.17, 15) is 0 Å². The maximum absolute atomic E-state index is 4.47. The van der Waals surface area contributed by atoms with Crippen molar-refractivity contribution in [2.45, 2.75) is 0 Å². The van der Waals surface area contributed by atoms with E-state index in [4.69, 9.17) is 0 Å². The second-order valence-electron chi connectivity index (χ2n) is 0.597. The van der Waals surface area contributed by atoms with Gasteiger partial charge in [0.05, 0.1) is 0 Å². The molecule has 0 aromatic carbocycles. The Kier molecular flexibility index (Phi) is 1.11. The molecule has 0 aliphatic carbocycles. The molecule has 4 heteroatoms. The first-order valence-electron chi connectivity index (χ1n) is 1.29. The first-order chi connectivity index (χ1) is 3.00. The molecule has 0 N–H and O–H groups in total. The topological polar surface area (TPSA) is 34.0 Å². The van der Waals surface area contributed by atoms with Gasteiger partial charge in [0.15, 0.2) is 6.40 Å². The molecule has 1 aliphatic rings. The van der Waals surface area contributed by atoms with Crippen LogP contribution in [0.4, 0.5) is 0 Å². The van der Waals surface area contributed by atoms with Gasteiger partial charge in [0.2, 0.25) is 18.6 Å². The van der Waals surface area contributed by atoms with E-state index in [1.807, 2.05) is 0 Å². The van der Waals surface area contributed by atoms with Crippen molar-refractivity contribution < 1.29 is 4.18 Å². The molecule has 1 heterocycles. The maximum Gasteiger partial charge on any atom is 0.212 e. The Morgan fingerprint density at radius 3 is 3.00 bits per heavy atom. The summed E-state index contributed by atoms with van der Waals surface area (Å²) < 4.78 is 7.89. The fraction of sp³-hybridized carbons (Fsp3) is 0. The normalized spacial score (nSPS) is 17.3. The Hall–Kier alpha value is -0.510. The Balaban J connectivity index is 2.46. The molecule has 0 saturated heterocycles. The lowest BCUT2D eigenvalue weighted by molar-refractivity contribution is 0.673. The number of nitrogens with zero attached hydrogens (tertiary/aromatic N) is 2. The highest BCUT2D eigenvalue weighted by Crippen LogP contribution is 2.02. The fourth-order valence-electron chi connectivity index (χ4n) is 0.126. The van der Waals surface area contributed by atoms with Crippen molar-refractivity contribution in [3.8, 4) is 0 Å². The van der Waals surface area contributed by atoms with Crippen LogP contribution >= 0.6 is 12.2 Å². The van der Waals surface area contributed by atoms with Gasteiger partial charge in [-0.1, -0.05) is 0 Å². The van der Waals surface area contributed by atoms with Crippen molar-refractivity contribution in [1.82, 2.24) is 0 Å². The minimum atomic E-state index is 0.959. The largest absolute Gasteiger partial charge is 0.391 e. The number of hydrogen-bond acceptors (Lipinski definition) is 4. The second kappa shape index (κ2) is 1.81. The molecular formula is C2HN2OS. The quantitative estimate of drug-likeness (QED) is 0.329. The third kappa shape index (κ3) is 0.718. The molecule has 0 atom stereocenters. The van der Waals surface area contributed by atoms with Crippen LogP contribution in [0.15, 0.2) is 9.39 Å². The summed E-state index contributed by atoms with van der Waals surface area (Å²) in [7, 11) is 0. The van der Waals surface area contributed by atoms with Gasteiger partial charge in [-0.3, -0.25) is 0 Å². The number of aliphatic imine (C=N–C) groups is 1. The van der Waals surface area contributed by atoms with E-state index < -0.39 is 0 Å². The molecule has 0 saturated carbocycles. The number of rotatable bonds is 0. The van der Waals surface area contributed by atoms with E-state index in [0.717, 1.165) is 12.2 Å². The Bertz CT molecular complexity index is 77.5. The van der Waals surface area contributed by atoms with Crippen molar-refractivity contribution >= 4 is 25.0 Å². The van der Waals surface area contributed by atoms with Crippen LogP contribution < -0.4 is 0 Å². The van der Waals surface area contributed by atoms with Crippen molar-refractivity contribution in [3.05, 3.63) is 0 Å². The molecule has 0 spiro atoms. The van der Waals surface area contributed by atoms with Gasteiger partial charge >= 0.3 is 0 Å². The lowest BCUT2D eigenvalue weighted by Gasteiger charge is -1.88. The van der Waals surface area contributed by atoms with Crippen LogP contribution in [0.1, 0.15) is 0 Å². The smallest absolute Gasteiger partial charge is 0.212 e. The Morgan fingerprint density at radius 1 is 1.83 bits per heavy atom. The zero-order valence-electron chi connectivity index (χ0n) is 2.79. The van der Waals surface area contributed by atoms with E-state index >= 15 is 0 Å². The van der Waals surface area contributed by atoms with Crippen LogP contribution in [0.2, 0.25) is 0 Å². The average Bonchev–Trinajstić information content (AvgIpc) is 1.72. The van der Waals surface area contributed by atoms with E-state index in [-0.39, 0.29) is 0 Å². The van der Waals surface area contributed by atoms with Gasteiger partial charge in [0, 0.05) is 0 Å². The summed E-state index contributed by atoms with van der Waals surface area (Å²) in [4.78, 5) is 3.39. The molecule has 0 aromatic rings. The average molecular weight is 101 g/mol. The molecule has 0 bridgehead atoms. The van der Waals surface area contributed by atoms with E-state index in [2.05, 4.69) is 19.9 Å². The van der Waals surface area contributed by atoms with E-state index in [0.29, 0.717) is 0 Å². The standard InChI is InChI=1S/C2HN2OS/c1-3-2-5-6-4-1/h2H. The zero-order chi connectivity index (χ0) is 4.24. The van der Waals surface area contributed by atoms with Gasteiger partial charge in [0.25, 0.3) is 0 Å². The van der Waals surface area contributed by atoms with Crippen molar-refractivity contribution in [3.63, 3.8) is 0 Å². The van der Waals surface area contributed by atoms with Gasteiger partial charge in [-0.15, -0.1) is 0 Å². The highest BCUT2D eigenvalue weighted by atomic mass is 32.2. The highest BCUT2D eigenvalue weighted by molar-refractivity contribution is 7.93. The van der Waals surface area contributed by atoms with E-state index in [1.54, 1.807) is 0 Å². The molecule has 6 heavy (non-hydrogen) atoms. The lowest BCUT2D eigenvalue weighted by atomic mass is 11.3. The fourth-order valence-corrected chi connectivity index (χ4v) is 0.331. The minimum Gasteiger partial charge on any atom is -0.391 e. The summed E-state index contributed by atoms with van der Waals surface area (Å²) in [5.41, 5.74) is 0. The molecule has 0 fully saturated rings. The van der Waals surface area contributed by atoms with Crippen LogP contribution in [0.3, 0.4) is 0 Å². The van der Waals surface area contributed by atoms with Crippen LogP contribution in [-0.4, -0.2) is 12.7 Å². The van der Waals surface area contributed by atoms with Crippen LogP contribution in [0.25, 0.3) is 0 Å². The predicted molar refractivity (Wildman–Crippen MR) is 24.6 cm³/mol. The van der Waals surface area contributed by atoms with Crippen LogP contribution in [0, 0.1) is 0 Å². The van der Waals surface area contributed by atoms with Crippen molar-refractivity contribution in [2.75, 3.05) is 0 Å². The Labute approximate surface area is 39.5 Å². The SMILES string of the molecule is [C]1=NSOC=N1. The van der Waals surface area contributed by atoms with Crippen molar-refractivity contribution in [1.29, 1.82) is 0 Å². The second-order valence-corrected chi connectivity index (χ2v) is 1.12. The summed E-state index contributed by atoms with van der Waals surface area (Å²) in [6.07, 6.45) is 3.59. The molecule has 1 aliphatic heterocycles. The minimum absolute atomic E-state index is 0.959. The van der Waals surface area contributed by atoms with Gasteiger partial charge in [-0.05, 0) is 0 Å². The maximum atomic E-state index is 4.47. The predicted octanol–water partition coefficient (Wildman–Crippen LogP) is 0.513.